The molecule has 0 aliphatic carbocycles. The largest absolute Gasteiger partial charge is 0.365 e. The predicted octanol–water partition coefficient (Wildman–Crippen LogP) is 1.87. The Bertz CT molecular complexity index is 633. The van der Waals surface area contributed by atoms with Gasteiger partial charge in [-0.3, -0.25) is 10.1 Å². The monoisotopic (exact) mass is 255 g/mol. The molecule has 19 heavy (non-hydrogen) atoms. The lowest BCUT2D eigenvalue weighted by molar-refractivity contribution is -0.384. The maximum absolute atomic E-state index is 10.6. The first-order chi connectivity index (χ1) is 9.19. The van der Waals surface area contributed by atoms with Crippen molar-refractivity contribution in [1.29, 1.82) is 5.26 Å². The zero-order valence-electron chi connectivity index (χ0n) is 9.78. The number of benzene rings is 1. The Morgan fingerprint density at radius 2 is 2.21 bits per heavy atom. The van der Waals surface area contributed by atoms with E-state index in [1.54, 1.807) is 12.1 Å². The molecule has 1 heterocycles. The van der Waals surface area contributed by atoms with E-state index in [1.165, 1.54) is 24.5 Å². The summed E-state index contributed by atoms with van der Waals surface area (Å²) in [5.41, 5.74) is 1.05. The van der Waals surface area contributed by atoms with Crippen molar-refractivity contribution in [1.82, 2.24) is 9.97 Å². The highest BCUT2D eigenvalue weighted by molar-refractivity contribution is 5.38. The molecule has 0 saturated heterocycles. The number of rotatable bonds is 4. The third-order valence-corrected chi connectivity index (χ3v) is 2.36. The van der Waals surface area contributed by atoms with E-state index in [0.29, 0.717) is 12.4 Å². The summed E-state index contributed by atoms with van der Waals surface area (Å²) >= 11 is 0. The normalized spacial score (nSPS) is 9.63. The Morgan fingerprint density at radius 3 is 2.84 bits per heavy atom. The molecule has 7 nitrogen and oxygen atoms in total. The summed E-state index contributed by atoms with van der Waals surface area (Å²) in [4.78, 5) is 18.0. The molecule has 1 N–H and O–H groups in total. The first-order valence-corrected chi connectivity index (χ1v) is 5.38. The summed E-state index contributed by atoms with van der Waals surface area (Å²) in [6.45, 7) is 0.391. The first-order valence-electron chi connectivity index (χ1n) is 5.38. The van der Waals surface area contributed by atoms with Crippen LogP contribution < -0.4 is 5.32 Å². The zero-order valence-corrected chi connectivity index (χ0v) is 9.78. The molecule has 0 unspecified atom stereocenters. The molecule has 0 atom stereocenters. The smallest absolute Gasteiger partial charge is 0.269 e. The van der Waals surface area contributed by atoms with Crippen molar-refractivity contribution >= 4 is 11.5 Å². The van der Waals surface area contributed by atoms with Gasteiger partial charge in [0.15, 0.2) is 5.69 Å². The van der Waals surface area contributed by atoms with Gasteiger partial charge < -0.3 is 5.32 Å². The lowest BCUT2D eigenvalue weighted by Gasteiger charge is -2.04. The predicted molar refractivity (Wildman–Crippen MR) is 67.2 cm³/mol. The quantitative estimate of drug-likeness (QED) is 0.660. The van der Waals surface area contributed by atoms with Crippen molar-refractivity contribution < 1.29 is 4.92 Å². The standard InChI is InChI=1S/C12H9N5O2/c13-5-10-7-16-12(8-14-10)15-6-9-2-1-3-11(4-9)17(18)19/h1-4,7-8H,6H2,(H,15,16). The Hall–Kier alpha value is -3.01. The lowest BCUT2D eigenvalue weighted by Crippen LogP contribution is -2.02. The first kappa shape index (κ1) is 12.4. The Labute approximate surface area is 108 Å². The van der Waals surface area contributed by atoms with Crippen LogP contribution in [0.5, 0.6) is 0 Å². The number of nitro groups is 1. The van der Waals surface area contributed by atoms with Crippen LogP contribution in [-0.2, 0) is 6.54 Å². The van der Waals surface area contributed by atoms with Crippen LogP contribution in [0.4, 0.5) is 11.5 Å². The number of non-ortho nitro benzene ring substituents is 1. The molecule has 0 amide bonds. The van der Waals surface area contributed by atoms with Crippen LogP contribution in [0.2, 0.25) is 0 Å². The van der Waals surface area contributed by atoms with Crippen LogP contribution in [0, 0.1) is 21.4 Å². The molecule has 7 heteroatoms. The van der Waals surface area contributed by atoms with Gasteiger partial charge in [-0.05, 0) is 5.56 Å². The molecule has 0 saturated carbocycles. The number of aromatic nitrogens is 2. The summed E-state index contributed by atoms with van der Waals surface area (Å²) in [6, 6.07) is 8.20. The summed E-state index contributed by atoms with van der Waals surface area (Å²) in [5, 5.41) is 22.2. The zero-order chi connectivity index (χ0) is 13.7. The van der Waals surface area contributed by atoms with Gasteiger partial charge in [0.25, 0.3) is 5.69 Å². The minimum Gasteiger partial charge on any atom is -0.365 e. The van der Waals surface area contributed by atoms with Gasteiger partial charge in [-0.1, -0.05) is 12.1 Å². The van der Waals surface area contributed by atoms with E-state index in [9.17, 15) is 10.1 Å². The maximum atomic E-state index is 10.6. The molecule has 1 aromatic heterocycles. The Kier molecular flexibility index (Phi) is 3.64. The third kappa shape index (κ3) is 3.23. The van der Waals surface area contributed by atoms with Crippen LogP contribution >= 0.6 is 0 Å². The topological polar surface area (TPSA) is 105 Å². The van der Waals surface area contributed by atoms with Gasteiger partial charge in [0.2, 0.25) is 0 Å². The highest BCUT2D eigenvalue weighted by Crippen LogP contribution is 2.14. The number of anilines is 1. The van der Waals surface area contributed by atoms with Crippen molar-refractivity contribution in [3.8, 4) is 6.07 Å². The van der Waals surface area contributed by atoms with Crippen LogP contribution in [-0.4, -0.2) is 14.9 Å². The van der Waals surface area contributed by atoms with E-state index < -0.39 is 4.92 Å². The van der Waals surface area contributed by atoms with Crippen molar-refractivity contribution in [3.05, 3.63) is 58.0 Å². The molecular formula is C12H9N5O2. The van der Waals surface area contributed by atoms with E-state index in [1.807, 2.05) is 6.07 Å². The minimum absolute atomic E-state index is 0.0465. The Morgan fingerprint density at radius 1 is 1.37 bits per heavy atom. The molecule has 1 aromatic carbocycles. The molecule has 0 spiro atoms. The van der Waals surface area contributed by atoms with Gasteiger partial charge in [-0.15, -0.1) is 0 Å². The molecule has 0 fully saturated rings. The SMILES string of the molecule is N#Cc1cnc(NCc2cccc([N+](=O)[O-])c2)cn1. The molecule has 0 aliphatic rings. The van der Waals surface area contributed by atoms with E-state index in [-0.39, 0.29) is 11.4 Å². The van der Waals surface area contributed by atoms with Gasteiger partial charge in [0.05, 0.1) is 17.3 Å². The van der Waals surface area contributed by atoms with Gasteiger partial charge in [-0.2, -0.15) is 5.26 Å². The minimum atomic E-state index is -0.439. The molecule has 0 aliphatic heterocycles. The summed E-state index contributed by atoms with van der Waals surface area (Å²) in [5.74, 6) is 0.505. The van der Waals surface area contributed by atoms with Crippen LogP contribution in [0.1, 0.15) is 11.3 Å². The summed E-state index contributed by atoms with van der Waals surface area (Å²) < 4.78 is 0. The number of nitrogens with one attached hydrogen (secondary N) is 1. The number of hydrogen-bond donors (Lipinski definition) is 1. The number of nitro benzene ring substituents is 1. The molecule has 2 rings (SSSR count). The van der Waals surface area contributed by atoms with E-state index in [4.69, 9.17) is 5.26 Å². The third-order valence-electron chi connectivity index (χ3n) is 2.36. The average Bonchev–Trinajstić information content (AvgIpc) is 2.46. The molecule has 0 radical (unpaired) electrons. The maximum Gasteiger partial charge on any atom is 0.269 e. The van der Waals surface area contributed by atoms with Gasteiger partial charge in [-0.25, -0.2) is 9.97 Å². The van der Waals surface area contributed by atoms with Gasteiger partial charge >= 0.3 is 0 Å². The highest BCUT2D eigenvalue weighted by atomic mass is 16.6. The molecule has 0 bridgehead atoms. The van der Waals surface area contributed by atoms with Crippen molar-refractivity contribution in [2.45, 2.75) is 6.54 Å². The van der Waals surface area contributed by atoms with Crippen LogP contribution in [0.15, 0.2) is 36.7 Å². The number of nitriles is 1. The summed E-state index contributed by atoms with van der Waals surface area (Å²) in [6.07, 6.45) is 2.80. The van der Waals surface area contributed by atoms with Gasteiger partial charge in [0, 0.05) is 18.7 Å². The fraction of sp³-hybridized carbons (Fsp3) is 0.0833. The highest BCUT2D eigenvalue weighted by Gasteiger charge is 2.05. The van der Waals surface area contributed by atoms with E-state index >= 15 is 0 Å². The van der Waals surface area contributed by atoms with Crippen molar-refractivity contribution in [2.75, 3.05) is 5.32 Å². The number of nitrogens with zero attached hydrogens (tertiary/aromatic N) is 4. The second-order valence-electron chi connectivity index (χ2n) is 3.68. The van der Waals surface area contributed by atoms with E-state index in [2.05, 4.69) is 15.3 Å². The molecule has 2 aromatic rings. The van der Waals surface area contributed by atoms with Crippen molar-refractivity contribution in [3.63, 3.8) is 0 Å². The second kappa shape index (κ2) is 5.55. The van der Waals surface area contributed by atoms with Crippen LogP contribution in [0.25, 0.3) is 0 Å². The molecule has 94 valence electrons. The second-order valence-corrected chi connectivity index (χ2v) is 3.68. The lowest BCUT2D eigenvalue weighted by atomic mass is 10.2. The van der Waals surface area contributed by atoms with E-state index in [0.717, 1.165) is 5.56 Å². The number of hydrogen-bond acceptors (Lipinski definition) is 6. The summed E-state index contributed by atoms with van der Waals surface area (Å²) in [7, 11) is 0. The van der Waals surface area contributed by atoms with Crippen LogP contribution in [0.3, 0.4) is 0 Å². The van der Waals surface area contributed by atoms with Crippen molar-refractivity contribution in [2.24, 2.45) is 0 Å². The average molecular weight is 255 g/mol. The fourth-order valence-electron chi connectivity index (χ4n) is 1.45. The van der Waals surface area contributed by atoms with Gasteiger partial charge in [0.1, 0.15) is 11.9 Å². The fourth-order valence-corrected chi connectivity index (χ4v) is 1.45. The Balaban J connectivity index is 2.03. The molecular weight excluding hydrogens is 246 g/mol.